The van der Waals surface area contributed by atoms with Gasteiger partial charge >= 0.3 is 0 Å². The number of amides is 1. The standard InChI is InChI=1S/C10H15N3O2/c1-3-8(15-2)10(14)13-7-4-5-9(11)12-6-7/h4-6,8H,3H2,1-2H3,(H2,11,12)(H,13,14). The molecule has 3 N–H and O–H groups in total. The fourth-order valence-corrected chi connectivity index (χ4v) is 1.16. The highest BCUT2D eigenvalue weighted by Crippen LogP contribution is 2.08. The lowest BCUT2D eigenvalue weighted by atomic mass is 10.2. The van der Waals surface area contributed by atoms with E-state index < -0.39 is 6.10 Å². The Hall–Kier alpha value is -1.62. The smallest absolute Gasteiger partial charge is 0.253 e. The molecule has 0 spiro atoms. The van der Waals surface area contributed by atoms with Gasteiger partial charge in [0.2, 0.25) is 0 Å². The molecule has 0 aromatic carbocycles. The molecule has 82 valence electrons. The zero-order valence-corrected chi connectivity index (χ0v) is 8.86. The van der Waals surface area contributed by atoms with Gasteiger partial charge in [-0.1, -0.05) is 6.92 Å². The van der Waals surface area contributed by atoms with Crippen LogP contribution in [0, 0.1) is 0 Å². The first kappa shape index (κ1) is 11.5. The Balaban J connectivity index is 2.61. The summed E-state index contributed by atoms with van der Waals surface area (Å²) < 4.78 is 5.00. The molecule has 0 bridgehead atoms. The van der Waals surface area contributed by atoms with Crippen LogP contribution in [0.4, 0.5) is 11.5 Å². The van der Waals surface area contributed by atoms with Gasteiger partial charge in [0.25, 0.3) is 5.91 Å². The first-order valence-electron chi connectivity index (χ1n) is 4.72. The van der Waals surface area contributed by atoms with Gasteiger partial charge in [-0.25, -0.2) is 4.98 Å². The van der Waals surface area contributed by atoms with Crippen molar-refractivity contribution in [1.82, 2.24) is 4.98 Å². The van der Waals surface area contributed by atoms with Crippen molar-refractivity contribution < 1.29 is 9.53 Å². The Morgan fingerprint density at radius 3 is 2.87 bits per heavy atom. The van der Waals surface area contributed by atoms with Crippen molar-refractivity contribution in [2.45, 2.75) is 19.4 Å². The number of hydrogen-bond acceptors (Lipinski definition) is 4. The first-order valence-corrected chi connectivity index (χ1v) is 4.72. The van der Waals surface area contributed by atoms with Crippen LogP contribution in [0.1, 0.15) is 13.3 Å². The zero-order valence-electron chi connectivity index (χ0n) is 8.86. The number of aromatic nitrogens is 1. The molecule has 5 nitrogen and oxygen atoms in total. The number of hydrogen-bond donors (Lipinski definition) is 2. The van der Waals surface area contributed by atoms with Crippen LogP contribution in [0.25, 0.3) is 0 Å². The van der Waals surface area contributed by atoms with E-state index in [0.717, 1.165) is 0 Å². The van der Waals surface area contributed by atoms with Crippen molar-refractivity contribution in [1.29, 1.82) is 0 Å². The van der Waals surface area contributed by atoms with Gasteiger partial charge in [0.15, 0.2) is 0 Å². The van der Waals surface area contributed by atoms with Crippen molar-refractivity contribution in [2.24, 2.45) is 0 Å². The molecule has 1 amide bonds. The summed E-state index contributed by atoms with van der Waals surface area (Å²) in [7, 11) is 1.51. The molecule has 0 aliphatic heterocycles. The van der Waals surface area contributed by atoms with Crippen LogP contribution in [0.3, 0.4) is 0 Å². The van der Waals surface area contributed by atoms with E-state index in [4.69, 9.17) is 10.5 Å². The Kier molecular flexibility index (Phi) is 4.05. The molecule has 0 fully saturated rings. The Labute approximate surface area is 88.6 Å². The highest BCUT2D eigenvalue weighted by Gasteiger charge is 2.14. The third-order valence-electron chi connectivity index (χ3n) is 2.00. The van der Waals surface area contributed by atoms with Gasteiger partial charge in [-0.2, -0.15) is 0 Å². The van der Waals surface area contributed by atoms with Crippen LogP contribution in [0.15, 0.2) is 18.3 Å². The number of nitrogens with zero attached hydrogens (tertiary/aromatic N) is 1. The maximum Gasteiger partial charge on any atom is 0.253 e. The SMILES string of the molecule is CCC(OC)C(=O)Nc1ccc(N)nc1. The van der Waals surface area contributed by atoms with E-state index in [1.54, 1.807) is 12.1 Å². The van der Waals surface area contributed by atoms with Gasteiger partial charge in [0.1, 0.15) is 11.9 Å². The van der Waals surface area contributed by atoms with E-state index >= 15 is 0 Å². The number of nitrogen functional groups attached to an aromatic ring is 1. The number of rotatable bonds is 4. The predicted molar refractivity (Wildman–Crippen MR) is 58.4 cm³/mol. The fourth-order valence-electron chi connectivity index (χ4n) is 1.16. The van der Waals surface area contributed by atoms with Crippen molar-refractivity contribution >= 4 is 17.4 Å². The molecule has 15 heavy (non-hydrogen) atoms. The van der Waals surface area contributed by atoms with E-state index in [1.165, 1.54) is 13.3 Å². The van der Waals surface area contributed by atoms with E-state index in [0.29, 0.717) is 17.9 Å². The van der Waals surface area contributed by atoms with Gasteiger partial charge in [-0.05, 0) is 18.6 Å². The average molecular weight is 209 g/mol. The molecule has 1 atom stereocenters. The second-order valence-corrected chi connectivity index (χ2v) is 3.09. The van der Waals surface area contributed by atoms with Crippen molar-refractivity contribution in [2.75, 3.05) is 18.2 Å². The molecule has 5 heteroatoms. The first-order chi connectivity index (χ1) is 7.17. The zero-order chi connectivity index (χ0) is 11.3. The summed E-state index contributed by atoms with van der Waals surface area (Å²) in [4.78, 5) is 15.4. The summed E-state index contributed by atoms with van der Waals surface area (Å²) in [6.07, 6.45) is 1.71. The average Bonchev–Trinajstić information content (AvgIpc) is 2.23. The molecule has 1 heterocycles. The van der Waals surface area contributed by atoms with Gasteiger partial charge in [-0.15, -0.1) is 0 Å². The second-order valence-electron chi connectivity index (χ2n) is 3.09. The van der Waals surface area contributed by atoms with E-state index in [2.05, 4.69) is 10.3 Å². The molecule has 0 aliphatic rings. The molecule has 0 saturated heterocycles. The minimum Gasteiger partial charge on any atom is -0.384 e. The lowest BCUT2D eigenvalue weighted by Crippen LogP contribution is -2.28. The van der Waals surface area contributed by atoms with Crippen molar-refractivity contribution in [3.8, 4) is 0 Å². The third kappa shape index (κ3) is 3.21. The number of ether oxygens (including phenoxy) is 1. The summed E-state index contributed by atoms with van der Waals surface area (Å²) >= 11 is 0. The largest absolute Gasteiger partial charge is 0.384 e. The highest BCUT2D eigenvalue weighted by atomic mass is 16.5. The minimum absolute atomic E-state index is 0.174. The summed E-state index contributed by atoms with van der Waals surface area (Å²) in [5.74, 6) is 0.248. The van der Waals surface area contributed by atoms with Crippen LogP contribution >= 0.6 is 0 Å². The third-order valence-corrected chi connectivity index (χ3v) is 2.00. The molecule has 1 rings (SSSR count). The summed E-state index contributed by atoms with van der Waals surface area (Å²) in [6.45, 7) is 1.88. The van der Waals surface area contributed by atoms with Crippen molar-refractivity contribution in [3.63, 3.8) is 0 Å². The van der Waals surface area contributed by atoms with Gasteiger partial charge in [0.05, 0.1) is 11.9 Å². The van der Waals surface area contributed by atoms with Gasteiger partial charge in [-0.3, -0.25) is 4.79 Å². The lowest BCUT2D eigenvalue weighted by Gasteiger charge is -2.12. The summed E-state index contributed by atoms with van der Waals surface area (Å²) in [6, 6.07) is 3.33. The van der Waals surface area contributed by atoms with Crippen LogP contribution in [0.2, 0.25) is 0 Å². The predicted octanol–water partition coefficient (Wildman–Crippen LogP) is 1.03. The Morgan fingerprint density at radius 2 is 2.40 bits per heavy atom. The fraction of sp³-hybridized carbons (Fsp3) is 0.400. The van der Waals surface area contributed by atoms with Gasteiger partial charge < -0.3 is 15.8 Å². The summed E-state index contributed by atoms with van der Waals surface area (Å²) in [5, 5.41) is 2.69. The van der Waals surface area contributed by atoms with Crippen molar-refractivity contribution in [3.05, 3.63) is 18.3 Å². The number of anilines is 2. The van der Waals surface area contributed by atoms with Crippen LogP contribution < -0.4 is 11.1 Å². The second kappa shape index (κ2) is 5.31. The number of carbonyl (C=O) groups excluding carboxylic acids is 1. The molecule has 0 radical (unpaired) electrons. The minimum atomic E-state index is -0.428. The molecule has 1 aromatic rings. The Bertz CT molecular complexity index is 320. The van der Waals surface area contributed by atoms with E-state index in [-0.39, 0.29) is 5.91 Å². The van der Waals surface area contributed by atoms with Gasteiger partial charge in [0, 0.05) is 7.11 Å². The lowest BCUT2D eigenvalue weighted by molar-refractivity contribution is -0.125. The number of carbonyl (C=O) groups is 1. The maximum absolute atomic E-state index is 11.6. The quantitative estimate of drug-likeness (QED) is 0.776. The molecule has 0 saturated carbocycles. The normalized spacial score (nSPS) is 12.1. The monoisotopic (exact) mass is 209 g/mol. The molecular weight excluding hydrogens is 194 g/mol. The molecule has 1 unspecified atom stereocenters. The Morgan fingerprint density at radius 1 is 1.67 bits per heavy atom. The van der Waals surface area contributed by atoms with Crippen LogP contribution in [0.5, 0.6) is 0 Å². The summed E-state index contributed by atoms with van der Waals surface area (Å²) in [5.41, 5.74) is 6.04. The maximum atomic E-state index is 11.6. The number of nitrogens with two attached hydrogens (primary N) is 1. The molecule has 0 aliphatic carbocycles. The molecule has 1 aromatic heterocycles. The highest BCUT2D eigenvalue weighted by molar-refractivity contribution is 5.94. The topological polar surface area (TPSA) is 77.2 Å². The van der Waals surface area contributed by atoms with E-state index in [9.17, 15) is 4.79 Å². The van der Waals surface area contributed by atoms with Crippen LogP contribution in [-0.2, 0) is 9.53 Å². The number of methoxy groups -OCH3 is 1. The van der Waals surface area contributed by atoms with E-state index in [1.807, 2.05) is 6.92 Å². The molecular formula is C10H15N3O2. The number of nitrogens with one attached hydrogen (secondary N) is 1. The number of pyridine rings is 1. The van der Waals surface area contributed by atoms with Crippen LogP contribution in [-0.4, -0.2) is 24.1 Å².